The van der Waals surface area contributed by atoms with Crippen LogP contribution in [0.3, 0.4) is 0 Å². The number of carbonyl (C=O) groups excluding carboxylic acids is 1. The highest BCUT2D eigenvalue weighted by Crippen LogP contribution is 2.62. The first-order chi connectivity index (χ1) is 11.1. The van der Waals surface area contributed by atoms with Gasteiger partial charge in [0.1, 0.15) is 5.76 Å². The second-order valence-electron chi connectivity index (χ2n) is 7.56. The highest BCUT2D eigenvalue weighted by atomic mass is 16.5. The van der Waals surface area contributed by atoms with Crippen molar-refractivity contribution in [3.8, 4) is 0 Å². The summed E-state index contributed by atoms with van der Waals surface area (Å²) < 4.78 is 6.57. The molecule has 2 atom stereocenters. The molecule has 1 aliphatic carbocycles. The van der Waals surface area contributed by atoms with Crippen molar-refractivity contribution < 1.29 is 9.53 Å². The Bertz CT molecular complexity index is 680. The van der Waals surface area contributed by atoms with E-state index in [9.17, 15) is 4.79 Å². The molecule has 5 aliphatic rings. The van der Waals surface area contributed by atoms with Gasteiger partial charge in [0, 0.05) is 25.9 Å². The molecule has 1 amide bonds. The number of fused-ring (bicyclic) bond motifs is 1. The maximum Gasteiger partial charge on any atom is 0.242 e. The molecule has 1 saturated carbocycles. The first-order valence-corrected chi connectivity index (χ1v) is 8.75. The molecule has 2 spiro atoms. The van der Waals surface area contributed by atoms with Crippen LogP contribution < -0.4 is 5.43 Å². The third-order valence-corrected chi connectivity index (χ3v) is 6.10. The van der Waals surface area contributed by atoms with E-state index in [4.69, 9.17) is 4.74 Å². The predicted octanol–water partition coefficient (Wildman–Crippen LogP) is 2.75. The molecule has 1 N–H and O–H groups in total. The molecule has 4 heterocycles. The summed E-state index contributed by atoms with van der Waals surface area (Å²) in [6.45, 7) is 0. The van der Waals surface area contributed by atoms with Gasteiger partial charge in [-0.2, -0.15) is 5.43 Å². The number of carbonyl (C=O) groups is 1. The molecule has 2 unspecified atom stereocenters. The zero-order valence-electron chi connectivity index (χ0n) is 13.6. The molecule has 0 aromatic heterocycles. The molecular formula is C18H23N3O2. The predicted molar refractivity (Wildman–Crippen MR) is 85.2 cm³/mol. The van der Waals surface area contributed by atoms with Gasteiger partial charge in [-0.1, -0.05) is 12.5 Å². The number of nitrogens with zero attached hydrogens (tertiary/aromatic N) is 2. The zero-order valence-corrected chi connectivity index (χ0v) is 13.6. The van der Waals surface area contributed by atoms with Gasteiger partial charge in [0.2, 0.25) is 5.91 Å². The van der Waals surface area contributed by atoms with Crippen molar-refractivity contribution in [2.45, 2.75) is 57.1 Å². The minimum absolute atomic E-state index is 0.0216. The summed E-state index contributed by atoms with van der Waals surface area (Å²) in [7, 11) is 1.80. The Morgan fingerprint density at radius 2 is 2.22 bits per heavy atom. The molecule has 23 heavy (non-hydrogen) atoms. The quantitative estimate of drug-likeness (QED) is 0.747. The summed E-state index contributed by atoms with van der Waals surface area (Å²) in [5.41, 5.74) is 5.60. The first kappa shape index (κ1) is 13.7. The second-order valence-corrected chi connectivity index (χ2v) is 7.56. The van der Waals surface area contributed by atoms with Crippen LogP contribution in [0.2, 0.25) is 0 Å². The lowest BCUT2D eigenvalue weighted by Gasteiger charge is -2.42. The van der Waals surface area contributed by atoms with Gasteiger partial charge in [-0.05, 0) is 37.7 Å². The van der Waals surface area contributed by atoms with Crippen molar-refractivity contribution in [3.05, 3.63) is 35.5 Å². The van der Waals surface area contributed by atoms with Crippen LogP contribution in [0.4, 0.5) is 0 Å². The van der Waals surface area contributed by atoms with Gasteiger partial charge in [0.05, 0.1) is 17.5 Å². The minimum atomic E-state index is -0.540. The average molecular weight is 313 g/mol. The summed E-state index contributed by atoms with van der Waals surface area (Å²) in [5.74, 6) is 1.27. The van der Waals surface area contributed by atoms with Crippen LogP contribution >= 0.6 is 0 Å². The van der Waals surface area contributed by atoms with Crippen molar-refractivity contribution in [1.82, 2.24) is 15.3 Å². The maximum atomic E-state index is 12.1. The van der Waals surface area contributed by atoms with Gasteiger partial charge >= 0.3 is 0 Å². The molecule has 4 aliphatic heterocycles. The number of amides is 1. The molecule has 0 aromatic rings. The lowest BCUT2D eigenvalue weighted by Crippen LogP contribution is -2.45. The minimum Gasteiger partial charge on any atom is -0.472 e. The number of hydrazine groups is 1. The summed E-state index contributed by atoms with van der Waals surface area (Å²) in [6, 6.07) is 0. The smallest absolute Gasteiger partial charge is 0.242 e. The zero-order chi connectivity index (χ0) is 15.7. The van der Waals surface area contributed by atoms with Crippen molar-refractivity contribution in [2.75, 3.05) is 7.05 Å². The average Bonchev–Trinajstić information content (AvgIpc) is 3.00. The molecule has 2 saturated heterocycles. The fourth-order valence-corrected chi connectivity index (χ4v) is 5.10. The molecule has 0 aromatic carbocycles. The number of allylic oxidation sites excluding steroid dienone is 3. The van der Waals surface area contributed by atoms with Crippen LogP contribution in [-0.4, -0.2) is 28.6 Å². The third kappa shape index (κ3) is 1.74. The summed E-state index contributed by atoms with van der Waals surface area (Å²) in [4.78, 5) is 14.4. The first-order valence-electron chi connectivity index (χ1n) is 8.75. The van der Waals surface area contributed by atoms with Crippen LogP contribution in [0, 0.1) is 5.41 Å². The third-order valence-electron chi connectivity index (χ3n) is 6.10. The number of hydrogen-bond donors (Lipinski definition) is 1. The lowest BCUT2D eigenvalue weighted by molar-refractivity contribution is -0.128. The fourth-order valence-electron chi connectivity index (χ4n) is 5.10. The van der Waals surface area contributed by atoms with Crippen LogP contribution in [0.1, 0.15) is 51.4 Å². The van der Waals surface area contributed by atoms with Crippen LogP contribution in [-0.2, 0) is 9.53 Å². The highest BCUT2D eigenvalue weighted by molar-refractivity contribution is 5.79. The van der Waals surface area contributed by atoms with Crippen molar-refractivity contribution in [2.24, 2.45) is 5.41 Å². The number of ether oxygens (including phenoxy) is 1. The van der Waals surface area contributed by atoms with E-state index >= 15 is 0 Å². The molecule has 0 bridgehead atoms. The van der Waals surface area contributed by atoms with Crippen molar-refractivity contribution >= 4 is 5.91 Å². The monoisotopic (exact) mass is 313 g/mol. The van der Waals surface area contributed by atoms with Gasteiger partial charge in [0.15, 0.2) is 5.72 Å². The van der Waals surface area contributed by atoms with E-state index in [1.54, 1.807) is 12.1 Å². The standard InChI is InChI=1S/C18H23N3O2/c1-20-15(22)10-18(19-20)12-17-8-4-2-6-13(17)11-21-9-5-3-7-14(21)16(17)23-18/h5,9,11,19H,2-4,6-8,10,12H2,1H3. The van der Waals surface area contributed by atoms with E-state index in [0.717, 1.165) is 37.9 Å². The normalized spacial score (nSPS) is 38.5. The lowest BCUT2D eigenvalue weighted by atomic mass is 9.65. The highest BCUT2D eigenvalue weighted by Gasteiger charge is 2.61. The van der Waals surface area contributed by atoms with E-state index in [-0.39, 0.29) is 11.3 Å². The van der Waals surface area contributed by atoms with Crippen LogP contribution in [0.25, 0.3) is 0 Å². The van der Waals surface area contributed by atoms with E-state index in [1.165, 1.54) is 24.1 Å². The van der Waals surface area contributed by atoms with Gasteiger partial charge in [-0.25, -0.2) is 0 Å². The number of hydrogen-bond acceptors (Lipinski definition) is 4. The molecule has 5 heteroatoms. The number of rotatable bonds is 0. The molecule has 122 valence electrons. The topological polar surface area (TPSA) is 44.8 Å². The summed E-state index contributed by atoms with van der Waals surface area (Å²) in [6.07, 6.45) is 15.0. The summed E-state index contributed by atoms with van der Waals surface area (Å²) >= 11 is 0. The van der Waals surface area contributed by atoms with Crippen LogP contribution in [0.15, 0.2) is 35.5 Å². The van der Waals surface area contributed by atoms with Crippen molar-refractivity contribution in [3.63, 3.8) is 0 Å². The van der Waals surface area contributed by atoms with Gasteiger partial charge in [-0.15, -0.1) is 0 Å². The molecule has 3 fully saturated rings. The van der Waals surface area contributed by atoms with E-state index in [2.05, 4.69) is 28.8 Å². The van der Waals surface area contributed by atoms with Gasteiger partial charge in [0.25, 0.3) is 0 Å². The molecule has 5 nitrogen and oxygen atoms in total. The van der Waals surface area contributed by atoms with E-state index < -0.39 is 5.72 Å². The molecular weight excluding hydrogens is 290 g/mol. The van der Waals surface area contributed by atoms with Gasteiger partial charge < -0.3 is 9.64 Å². The Morgan fingerprint density at radius 1 is 1.30 bits per heavy atom. The van der Waals surface area contributed by atoms with Crippen LogP contribution in [0.5, 0.6) is 0 Å². The molecule has 0 radical (unpaired) electrons. The second kappa shape index (κ2) is 4.41. The Hall–Kier alpha value is -1.75. The Morgan fingerprint density at radius 3 is 3.04 bits per heavy atom. The molecule has 5 rings (SSSR count). The Labute approximate surface area is 136 Å². The van der Waals surface area contributed by atoms with Gasteiger partial charge in [-0.3, -0.25) is 9.80 Å². The largest absolute Gasteiger partial charge is 0.472 e. The summed E-state index contributed by atoms with van der Waals surface area (Å²) in [5, 5.41) is 1.60. The van der Waals surface area contributed by atoms with Crippen molar-refractivity contribution in [1.29, 1.82) is 0 Å². The fraction of sp³-hybridized carbons (Fsp3) is 0.611. The van der Waals surface area contributed by atoms with E-state index in [1.807, 2.05) is 0 Å². The number of nitrogens with one attached hydrogen (secondary N) is 1. The Kier molecular flexibility index (Phi) is 2.62. The van der Waals surface area contributed by atoms with E-state index in [0.29, 0.717) is 6.42 Å². The SMILES string of the molecule is CN1NC2(CC1=O)CC13CCCCC1=CN1C=CCCC1=C3O2. The maximum absolute atomic E-state index is 12.1. The Balaban J connectivity index is 1.64.